The molecule has 6 nitrogen and oxygen atoms in total. The first-order valence-corrected chi connectivity index (χ1v) is 8.66. The van der Waals surface area contributed by atoms with Gasteiger partial charge in [0.1, 0.15) is 0 Å². The van der Waals surface area contributed by atoms with Crippen molar-refractivity contribution in [1.82, 2.24) is 4.31 Å². The topological polar surface area (TPSA) is 87.8 Å². The maximum Gasteiger partial charge on any atom is 0.308 e. The number of hydrogen-bond donors (Lipinski definition) is 1. The molecule has 0 spiro atoms. The molecule has 0 radical (unpaired) electrons. The number of aliphatic carboxylic acids is 1. The second-order valence-corrected chi connectivity index (χ2v) is 7.59. The molecule has 2 atom stereocenters. The molecule has 1 aromatic heterocycles. The lowest BCUT2D eigenvalue weighted by Gasteiger charge is -2.16. The third-order valence-electron chi connectivity index (χ3n) is 4.16. The molecular weight excluding hydrogens is 318 g/mol. The van der Waals surface area contributed by atoms with Crippen LogP contribution in [0.25, 0.3) is 0 Å². The van der Waals surface area contributed by atoms with Crippen molar-refractivity contribution in [2.45, 2.75) is 17.9 Å². The Morgan fingerprint density at radius 2 is 2.04 bits per heavy atom. The summed E-state index contributed by atoms with van der Waals surface area (Å²) in [5.74, 6) is -2.15. The highest BCUT2D eigenvalue weighted by Gasteiger charge is 2.44. The minimum Gasteiger partial charge on any atom is -0.481 e. The monoisotopic (exact) mass is 335 g/mol. The maximum atomic E-state index is 12.5. The molecule has 0 saturated carbocycles. The highest BCUT2D eigenvalue weighted by Crippen LogP contribution is 2.36. The van der Waals surface area contributed by atoms with Gasteiger partial charge in [-0.2, -0.15) is 4.31 Å². The van der Waals surface area contributed by atoms with Gasteiger partial charge in [-0.1, -0.05) is 29.8 Å². The van der Waals surface area contributed by atoms with E-state index in [0.717, 1.165) is 11.1 Å². The number of carbonyl (C=O) groups is 1. The third kappa shape index (κ3) is 2.89. The van der Waals surface area contributed by atoms with Crippen molar-refractivity contribution in [3.63, 3.8) is 0 Å². The lowest BCUT2D eigenvalue weighted by molar-refractivity contribution is -0.141. The fraction of sp³-hybridized carbons (Fsp3) is 0.312. The van der Waals surface area contributed by atoms with E-state index < -0.39 is 21.9 Å². The molecule has 2 heterocycles. The van der Waals surface area contributed by atoms with Gasteiger partial charge in [-0.3, -0.25) is 4.79 Å². The van der Waals surface area contributed by atoms with Crippen molar-refractivity contribution in [3.8, 4) is 0 Å². The van der Waals surface area contributed by atoms with E-state index in [1.807, 2.05) is 31.2 Å². The smallest absolute Gasteiger partial charge is 0.308 e. The second-order valence-electron chi connectivity index (χ2n) is 5.72. The minimum atomic E-state index is -3.81. The SMILES string of the molecule is Cc1cccc([C@@H]2CN(S(=O)(=O)c3ccco3)C[C@H]2C(=O)O)c1. The Hall–Kier alpha value is -2.12. The second kappa shape index (κ2) is 5.82. The van der Waals surface area contributed by atoms with Crippen molar-refractivity contribution >= 4 is 16.0 Å². The van der Waals surface area contributed by atoms with Crippen LogP contribution in [0, 0.1) is 12.8 Å². The van der Waals surface area contributed by atoms with Crippen molar-refractivity contribution < 1.29 is 22.7 Å². The molecular formula is C16H17NO5S. The number of benzene rings is 1. The summed E-state index contributed by atoms with van der Waals surface area (Å²) >= 11 is 0. The van der Waals surface area contributed by atoms with Gasteiger partial charge in [0.05, 0.1) is 12.2 Å². The van der Waals surface area contributed by atoms with Crippen molar-refractivity contribution in [2.24, 2.45) is 5.92 Å². The first-order valence-electron chi connectivity index (χ1n) is 7.22. The molecule has 1 aliphatic rings. The molecule has 0 bridgehead atoms. The van der Waals surface area contributed by atoms with E-state index in [2.05, 4.69) is 0 Å². The lowest BCUT2D eigenvalue weighted by atomic mass is 9.88. The minimum absolute atomic E-state index is 0.0586. The Labute approximate surface area is 134 Å². The molecule has 0 unspecified atom stereocenters. The molecule has 1 fully saturated rings. The van der Waals surface area contributed by atoms with E-state index in [9.17, 15) is 18.3 Å². The molecule has 122 valence electrons. The number of rotatable bonds is 4. The number of sulfonamides is 1. The van der Waals surface area contributed by atoms with E-state index >= 15 is 0 Å². The Kier molecular flexibility index (Phi) is 3.99. The van der Waals surface area contributed by atoms with Gasteiger partial charge >= 0.3 is 5.97 Å². The van der Waals surface area contributed by atoms with E-state index in [0.29, 0.717) is 0 Å². The molecule has 3 rings (SSSR count). The van der Waals surface area contributed by atoms with Crippen LogP contribution >= 0.6 is 0 Å². The fourth-order valence-corrected chi connectivity index (χ4v) is 4.39. The number of hydrogen-bond acceptors (Lipinski definition) is 4. The van der Waals surface area contributed by atoms with Gasteiger partial charge < -0.3 is 9.52 Å². The van der Waals surface area contributed by atoms with Crippen LogP contribution in [0.5, 0.6) is 0 Å². The summed E-state index contributed by atoms with van der Waals surface area (Å²) in [5.41, 5.74) is 1.86. The highest BCUT2D eigenvalue weighted by molar-refractivity contribution is 7.89. The van der Waals surface area contributed by atoms with Crippen LogP contribution in [-0.4, -0.2) is 36.9 Å². The largest absolute Gasteiger partial charge is 0.481 e. The summed E-state index contributed by atoms with van der Waals surface area (Å²) in [5, 5.41) is 9.32. The zero-order valence-electron chi connectivity index (χ0n) is 12.5. The standard InChI is InChI=1S/C16H17NO5S/c1-11-4-2-5-12(8-11)13-9-17(10-14(13)16(18)19)23(20,21)15-6-3-7-22-15/h2-8,13-14H,9-10H2,1H3,(H,18,19)/t13-,14+/m0/s1. The van der Waals surface area contributed by atoms with Crippen molar-refractivity contribution in [2.75, 3.05) is 13.1 Å². The molecule has 0 aliphatic carbocycles. The van der Waals surface area contributed by atoms with Crippen molar-refractivity contribution in [3.05, 3.63) is 53.8 Å². The van der Waals surface area contributed by atoms with Gasteiger partial charge in [0.2, 0.25) is 5.09 Å². The van der Waals surface area contributed by atoms with Crippen LogP contribution in [-0.2, 0) is 14.8 Å². The first kappa shape index (κ1) is 15.8. The predicted molar refractivity (Wildman–Crippen MR) is 82.5 cm³/mol. The number of furan rings is 1. The first-order chi connectivity index (χ1) is 10.9. The average molecular weight is 335 g/mol. The predicted octanol–water partition coefficient (Wildman–Crippen LogP) is 2.08. The number of carboxylic acids is 1. The summed E-state index contributed by atoms with van der Waals surface area (Å²) in [6.07, 6.45) is 1.29. The summed E-state index contributed by atoms with van der Waals surface area (Å²) < 4.78 is 31.3. The lowest BCUT2D eigenvalue weighted by Crippen LogP contribution is -2.29. The molecule has 1 aliphatic heterocycles. The van der Waals surface area contributed by atoms with Crippen LogP contribution in [0.2, 0.25) is 0 Å². The third-order valence-corrected chi connectivity index (χ3v) is 5.88. The molecule has 0 amide bonds. The molecule has 23 heavy (non-hydrogen) atoms. The highest BCUT2D eigenvalue weighted by atomic mass is 32.2. The van der Waals surface area contributed by atoms with Crippen LogP contribution < -0.4 is 0 Å². The molecule has 1 aromatic carbocycles. The van der Waals surface area contributed by atoms with Crippen LogP contribution in [0.4, 0.5) is 0 Å². The number of carboxylic acid groups (broad SMARTS) is 1. The Morgan fingerprint density at radius 1 is 1.26 bits per heavy atom. The van der Waals surface area contributed by atoms with Gasteiger partial charge in [0.15, 0.2) is 0 Å². The fourth-order valence-electron chi connectivity index (χ4n) is 2.99. The van der Waals surface area contributed by atoms with E-state index in [1.165, 1.54) is 22.7 Å². The van der Waals surface area contributed by atoms with Crippen LogP contribution in [0.1, 0.15) is 17.0 Å². The number of nitrogens with zero attached hydrogens (tertiary/aromatic N) is 1. The summed E-state index contributed by atoms with van der Waals surface area (Å²) in [7, 11) is -3.81. The summed E-state index contributed by atoms with van der Waals surface area (Å²) in [6.45, 7) is 1.99. The Bertz CT molecular complexity index is 813. The number of aryl methyl sites for hydroxylation is 1. The summed E-state index contributed by atoms with van der Waals surface area (Å²) in [4.78, 5) is 11.6. The Morgan fingerprint density at radius 3 is 2.65 bits per heavy atom. The molecule has 2 aromatic rings. The quantitative estimate of drug-likeness (QED) is 0.924. The molecule has 1 saturated heterocycles. The summed E-state index contributed by atoms with van der Waals surface area (Å²) in [6, 6.07) is 10.4. The van der Waals surface area contributed by atoms with Gasteiger partial charge in [-0.05, 0) is 24.6 Å². The van der Waals surface area contributed by atoms with E-state index in [-0.39, 0.29) is 24.1 Å². The van der Waals surface area contributed by atoms with E-state index in [1.54, 1.807) is 0 Å². The van der Waals surface area contributed by atoms with E-state index in [4.69, 9.17) is 4.42 Å². The van der Waals surface area contributed by atoms with Gasteiger partial charge in [0.25, 0.3) is 10.0 Å². The van der Waals surface area contributed by atoms with Gasteiger partial charge in [0, 0.05) is 19.0 Å². The zero-order valence-corrected chi connectivity index (χ0v) is 13.4. The van der Waals surface area contributed by atoms with Gasteiger partial charge in [-0.25, -0.2) is 8.42 Å². The average Bonchev–Trinajstić information content (AvgIpc) is 3.17. The maximum absolute atomic E-state index is 12.5. The molecule has 7 heteroatoms. The Balaban J connectivity index is 1.95. The zero-order chi connectivity index (χ0) is 16.6. The normalized spacial score (nSPS) is 22.3. The van der Waals surface area contributed by atoms with Crippen LogP contribution in [0.15, 0.2) is 52.2 Å². The van der Waals surface area contributed by atoms with Crippen LogP contribution in [0.3, 0.4) is 0 Å². The van der Waals surface area contributed by atoms with Gasteiger partial charge in [-0.15, -0.1) is 0 Å². The molecule has 1 N–H and O–H groups in total. The van der Waals surface area contributed by atoms with Crippen molar-refractivity contribution in [1.29, 1.82) is 0 Å².